The number of esters is 1. The molecule has 0 aliphatic heterocycles. The van der Waals surface area contributed by atoms with Crippen molar-refractivity contribution >= 4 is 18.1 Å². The molecule has 0 aromatic rings. The van der Waals surface area contributed by atoms with Crippen LogP contribution in [0.25, 0.3) is 0 Å². The monoisotopic (exact) mass is 202 g/mol. The molecule has 0 spiro atoms. The van der Waals surface area contributed by atoms with E-state index in [1.54, 1.807) is 6.92 Å². The van der Waals surface area contributed by atoms with Crippen LogP contribution in [0, 0.1) is 0 Å². The largest absolute Gasteiger partial charge is 0.467 e. The lowest BCUT2D eigenvalue weighted by atomic mass is 10.2. The Kier molecular flexibility index (Phi) is 6.09. The van der Waals surface area contributed by atoms with Crippen LogP contribution in [0.3, 0.4) is 0 Å². The van der Waals surface area contributed by atoms with Crippen LogP contribution in [0.4, 0.5) is 0 Å². The fraction of sp³-hybridized carbons (Fsp3) is 0.625. The summed E-state index contributed by atoms with van der Waals surface area (Å²) in [6.45, 7) is 1.76. The molecule has 1 atom stereocenters. The normalized spacial score (nSPS) is 12.2. The number of rotatable bonds is 5. The lowest BCUT2D eigenvalue weighted by molar-refractivity contribution is -0.144. The van der Waals surface area contributed by atoms with Crippen molar-refractivity contribution in [1.29, 1.82) is 0 Å². The molecule has 6 heteroatoms. The average Bonchev–Trinajstić information content (AvgIpc) is 2.21. The van der Waals surface area contributed by atoms with Gasteiger partial charge in [-0.25, -0.2) is 4.79 Å². The van der Waals surface area contributed by atoms with Crippen molar-refractivity contribution in [2.24, 2.45) is 5.16 Å². The predicted molar refractivity (Wildman–Crippen MR) is 49.7 cm³/mol. The summed E-state index contributed by atoms with van der Waals surface area (Å²) in [5.74, 6) is -0.976. The molecule has 1 N–H and O–H groups in total. The van der Waals surface area contributed by atoms with E-state index in [-0.39, 0.29) is 0 Å². The molecule has 0 saturated heterocycles. The molecule has 0 radical (unpaired) electrons. The third-order valence-electron chi connectivity index (χ3n) is 1.49. The van der Waals surface area contributed by atoms with Gasteiger partial charge in [0, 0.05) is 0 Å². The molecule has 0 fully saturated rings. The van der Waals surface area contributed by atoms with Crippen molar-refractivity contribution in [3.8, 4) is 0 Å². The van der Waals surface area contributed by atoms with Gasteiger partial charge in [0.15, 0.2) is 0 Å². The summed E-state index contributed by atoms with van der Waals surface area (Å²) in [5, 5.41) is 5.66. The highest BCUT2D eigenvalue weighted by Crippen LogP contribution is 1.92. The number of amides is 1. The summed E-state index contributed by atoms with van der Waals surface area (Å²) in [6.07, 6.45) is 1.41. The van der Waals surface area contributed by atoms with E-state index in [2.05, 4.69) is 20.0 Å². The minimum atomic E-state index is -0.643. The van der Waals surface area contributed by atoms with E-state index in [1.165, 1.54) is 14.2 Å². The first-order chi connectivity index (χ1) is 6.65. The Morgan fingerprint density at radius 1 is 1.50 bits per heavy atom. The molecule has 0 aliphatic rings. The molecule has 0 rings (SSSR count). The van der Waals surface area contributed by atoms with E-state index in [9.17, 15) is 9.59 Å². The number of hydrogen-bond acceptors (Lipinski definition) is 5. The van der Waals surface area contributed by atoms with Crippen LogP contribution in [0.2, 0.25) is 0 Å². The van der Waals surface area contributed by atoms with Gasteiger partial charge in [0.1, 0.15) is 19.4 Å². The maximum atomic E-state index is 11.0. The molecule has 0 saturated carbocycles. The molecule has 0 aliphatic carbocycles. The molecule has 1 amide bonds. The van der Waals surface area contributed by atoms with Crippen molar-refractivity contribution in [3.05, 3.63) is 0 Å². The van der Waals surface area contributed by atoms with E-state index in [0.29, 0.717) is 6.42 Å². The van der Waals surface area contributed by atoms with Gasteiger partial charge in [0.2, 0.25) is 0 Å². The van der Waals surface area contributed by atoms with Gasteiger partial charge in [-0.1, -0.05) is 12.1 Å². The lowest BCUT2D eigenvalue weighted by Gasteiger charge is -2.12. The number of hydrogen-bond donors (Lipinski definition) is 1. The van der Waals surface area contributed by atoms with Crippen LogP contribution in [0.15, 0.2) is 5.16 Å². The number of oxime groups is 1. The van der Waals surface area contributed by atoms with Crippen molar-refractivity contribution in [3.63, 3.8) is 0 Å². The summed E-state index contributed by atoms with van der Waals surface area (Å²) >= 11 is 0. The molecule has 6 nitrogen and oxygen atoms in total. The Labute approximate surface area is 82.2 Å². The summed E-state index contributed by atoms with van der Waals surface area (Å²) in [5.41, 5.74) is 0. The summed E-state index contributed by atoms with van der Waals surface area (Å²) in [4.78, 5) is 26.4. The average molecular weight is 202 g/mol. The second kappa shape index (κ2) is 6.88. The molecular formula is C8H14N2O4. The van der Waals surface area contributed by atoms with Gasteiger partial charge in [-0.2, -0.15) is 0 Å². The highest BCUT2D eigenvalue weighted by molar-refractivity contribution is 6.26. The van der Waals surface area contributed by atoms with Gasteiger partial charge in [-0.3, -0.25) is 4.79 Å². The molecule has 0 heterocycles. The fourth-order valence-corrected chi connectivity index (χ4v) is 0.779. The van der Waals surface area contributed by atoms with Crippen LogP contribution in [-0.2, 0) is 19.2 Å². The van der Waals surface area contributed by atoms with Crippen LogP contribution in [-0.4, -0.2) is 38.4 Å². The first kappa shape index (κ1) is 12.4. The molecule has 0 bridgehead atoms. The van der Waals surface area contributed by atoms with Gasteiger partial charge in [0.05, 0.1) is 7.11 Å². The van der Waals surface area contributed by atoms with Crippen molar-refractivity contribution in [2.45, 2.75) is 19.4 Å². The van der Waals surface area contributed by atoms with Gasteiger partial charge in [-0.05, 0) is 6.42 Å². The second-order valence-electron chi connectivity index (χ2n) is 2.41. The Morgan fingerprint density at radius 2 is 2.14 bits per heavy atom. The Bertz CT molecular complexity index is 227. The van der Waals surface area contributed by atoms with E-state index in [4.69, 9.17) is 0 Å². The molecular weight excluding hydrogens is 188 g/mol. The molecule has 80 valence electrons. The number of nitrogens with one attached hydrogen (secondary N) is 1. The van der Waals surface area contributed by atoms with E-state index >= 15 is 0 Å². The van der Waals surface area contributed by atoms with Crippen molar-refractivity contribution < 1.29 is 19.2 Å². The minimum absolute atomic E-state index is 0.458. The molecule has 0 aromatic heterocycles. The van der Waals surface area contributed by atoms with Crippen LogP contribution in [0.5, 0.6) is 0 Å². The highest BCUT2D eigenvalue weighted by Gasteiger charge is 2.18. The molecule has 14 heavy (non-hydrogen) atoms. The lowest BCUT2D eigenvalue weighted by Crippen LogP contribution is -2.41. The standard InChI is InChI=1S/C8H14N2O4/c1-4-6(8(12)13-2)10-7(11)5-9-14-3/h5-6H,4H2,1-3H3,(H,10,11)/b9-5+/t6-/m0/s1. The van der Waals surface area contributed by atoms with E-state index < -0.39 is 17.9 Å². The minimum Gasteiger partial charge on any atom is -0.467 e. The van der Waals surface area contributed by atoms with E-state index in [0.717, 1.165) is 6.21 Å². The smallest absolute Gasteiger partial charge is 0.328 e. The number of ether oxygens (including phenoxy) is 1. The van der Waals surface area contributed by atoms with Gasteiger partial charge in [-0.15, -0.1) is 0 Å². The van der Waals surface area contributed by atoms with E-state index in [1.807, 2.05) is 0 Å². The Hall–Kier alpha value is -1.59. The number of methoxy groups -OCH3 is 1. The zero-order valence-electron chi connectivity index (χ0n) is 8.44. The molecule has 0 aromatic carbocycles. The number of carbonyl (C=O) groups excluding carboxylic acids is 2. The summed E-state index contributed by atoms with van der Waals surface area (Å²) < 4.78 is 4.48. The second-order valence-corrected chi connectivity index (χ2v) is 2.41. The van der Waals surface area contributed by atoms with Gasteiger partial charge >= 0.3 is 5.97 Å². The maximum absolute atomic E-state index is 11.0. The fourth-order valence-electron chi connectivity index (χ4n) is 0.779. The summed E-state index contributed by atoms with van der Waals surface area (Å²) in [7, 11) is 2.59. The Morgan fingerprint density at radius 3 is 2.57 bits per heavy atom. The predicted octanol–water partition coefficient (Wildman–Crippen LogP) is -0.314. The quantitative estimate of drug-likeness (QED) is 0.377. The molecule has 0 unspecified atom stereocenters. The first-order valence-corrected chi connectivity index (χ1v) is 4.10. The topological polar surface area (TPSA) is 77.0 Å². The first-order valence-electron chi connectivity index (χ1n) is 4.10. The maximum Gasteiger partial charge on any atom is 0.328 e. The van der Waals surface area contributed by atoms with Gasteiger partial charge < -0.3 is 14.9 Å². The third kappa shape index (κ3) is 4.44. The SMILES string of the molecule is CC[C@H](NC(=O)/C=N/OC)C(=O)OC. The number of carbonyl (C=O) groups is 2. The third-order valence-corrected chi connectivity index (χ3v) is 1.49. The zero-order chi connectivity index (χ0) is 11.0. The van der Waals surface area contributed by atoms with Crippen LogP contribution < -0.4 is 5.32 Å². The zero-order valence-corrected chi connectivity index (χ0v) is 8.44. The van der Waals surface area contributed by atoms with Crippen LogP contribution >= 0.6 is 0 Å². The Balaban J connectivity index is 4.11. The number of nitrogens with zero attached hydrogens (tertiary/aromatic N) is 1. The van der Waals surface area contributed by atoms with Crippen LogP contribution in [0.1, 0.15) is 13.3 Å². The van der Waals surface area contributed by atoms with Crippen molar-refractivity contribution in [1.82, 2.24) is 5.32 Å². The summed E-state index contributed by atoms with van der Waals surface area (Å²) in [6, 6.07) is -0.643. The highest BCUT2D eigenvalue weighted by atomic mass is 16.6. The van der Waals surface area contributed by atoms with Gasteiger partial charge in [0.25, 0.3) is 5.91 Å². The van der Waals surface area contributed by atoms with Crippen molar-refractivity contribution in [2.75, 3.05) is 14.2 Å².